The number of pyridine rings is 1. The largest absolute Gasteiger partial charge is 0.496 e. The van der Waals surface area contributed by atoms with E-state index in [1.807, 2.05) is 42.5 Å². The van der Waals surface area contributed by atoms with Gasteiger partial charge in [-0.05, 0) is 78.9 Å². The third-order valence-electron chi connectivity index (χ3n) is 6.93. The van der Waals surface area contributed by atoms with Crippen LogP contribution in [0.15, 0.2) is 60.7 Å². The number of rotatable bonds is 6. The Balaban J connectivity index is 1.36. The zero-order valence-electron chi connectivity index (χ0n) is 21.1. The summed E-state index contributed by atoms with van der Waals surface area (Å²) >= 11 is 0. The number of nitrogens with zero attached hydrogens (tertiary/aromatic N) is 1. The third-order valence-corrected chi connectivity index (χ3v) is 6.93. The van der Waals surface area contributed by atoms with E-state index in [0.29, 0.717) is 28.9 Å². The molecule has 7 heteroatoms. The van der Waals surface area contributed by atoms with Crippen LogP contribution in [-0.4, -0.2) is 30.6 Å². The lowest BCUT2D eigenvalue weighted by molar-refractivity contribution is 0.0471. The number of hydrogen-bond donors (Lipinski definition) is 0. The number of allylic oxidation sites excluding steroid dienone is 1. The molecule has 0 amide bonds. The molecule has 1 aromatic heterocycles. The summed E-state index contributed by atoms with van der Waals surface area (Å²) in [6.45, 7) is 1.70. The molecule has 1 aliphatic heterocycles. The molecular formula is C31H25NO6. The first-order chi connectivity index (χ1) is 18.5. The van der Waals surface area contributed by atoms with Gasteiger partial charge in [-0.2, -0.15) is 0 Å². The van der Waals surface area contributed by atoms with E-state index < -0.39 is 5.97 Å². The zero-order valence-corrected chi connectivity index (χ0v) is 21.1. The predicted octanol–water partition coefficient (Wildman–Crippen LogP) is 6.02. The smallest absolute Gasteiger partial charge is 0.339 e. The van der Waals surface area contributed by atoms with E-state index in [-0.39, 0.29) is 19.2 Å². The van der Waals surface area contributed by atoms with E-state index in [9.17, 15) is 9.59 Å². The highest BCUT2D eigenvalue weighted by Gasteiger charge is 2.28. The molecule has 190 valence electrons. The van der Waals surface area contributed by atoms with Crippen molar-refractivity contribution in [3.63, 3.8) is 0 Å². The van der Waals surface area contributed by atoms with Crippen LogP contribution in [0.5, 0.6) is 17.2 Å². The van der Waals surface area contributed by atoms with E-state index in [1.165, 1.54) is 6.92 Å². The van der Waals surface area contributed by atoms with E-state index in [2.05, 4.69) is 6.08 Å². The Kier molecular flexibility index (Phi) is 6.04. The van der Waals surface area contributed by atoms with E-state index in [1.54, 1.807) is 25.3 Å². The molecule has 4 aromatic rings. The van der Waals surface area contributed by atoms with Crippen molar-refractivity contribution >= 4 is 34.3 Å². The number of aromatic nitrogens is 1. The number of carbonyl (C=O) groups excluding carboxylic acids is 2. The fourth-order valence-corrected chi connectivity index (χ4v) is 5.04. The number of esters is 1. The van der Waals surface area contributed by atoms with Gasteiger partial charge in [0.15, 0.2) is 17.3 Å². The van der Waals surface area contributed by atoms with E-state index in [4.69, 9.17) is 23.9 Å². The van der Waals surface area contributed by atoms with Gasteiger partial charge in [-0.15, -0.1) is 0 Å². The van der Waals surface area contributed by atoms with Gasteiger partial charge in [0.2, 0.25) is 6.79 Å². The SMILES string of the molecule is COc1ccc(C(C)=O)cc1COC(=O)c1c2c(nc3ccccc13)/C(=C\c1ccc3c(c1)OCO3)CC2. The van der Waals surface area contributed by atoms with Gasteiger partial charge < -0.3 is 18.9 Å². The van der Waals surface area contributed by atoms with Gasteiger partial charge in [0.05, 0.1) is 23.9 Å². The van der Waals surface area contributed by atoms with Crippen molar-refractivity contribution in [2.75, 3.05) is 13.9 Å². The van der Waals surface area contributed by atoms with Crippen LogP contribution in [0.4, 0.5) is 0 Å². The average Bonchev–Trinajstić information content (AvgIpc) is 3.56. The van der Waals surface area contributed by atoms with Crippen molar-refractivity contribution in [3.8, 4) is 17.2 Å². The second-order valence-electron chi connectivity index (χ2n) is 9.27. The fraction of sp³-hybridized carbons (Fsp3) is 0.194. The number of fused-ring (bicyclic) bond motifs is 3. The van der Waals surface area contributed by atoms with Gasteiger partial charge in [0, 0.05) is 16.5 Å². The van der Waals surface area contributed by atoms with Crippen molar-refractivity contribution in [2.45, 2.75) is 26.4 Å². The minimum Gasteiger partial charge on any atom is -0.496 e. The topological polar surface area (TPSA) is 84.0 Å². The van der Waals surface area contributed by atoms with Crippen molar-refractivity contribution in [1.82, 2.24) is 4.98 Å². The Morgan fingerprint density at radius 1 is 1.00 bits per heavy atom. The predicted molar refractivity (Wildman–Crippen MR) is 143 cm³/mol. The monoisotopic (exact) mass is 507 g/mol. The molecule has 0 atom stereocenters. The van der Waals surface area contributed by atoms with Gasteiger partial charge in [-0.3, -0.25) is 4.79 Å². The Bertz CT molecular complexity index is 1640. The summed E-state index contributed by atoms with van der Waals surface area (Å²) in [6, 6.07) is 18.6. The van der Waals surface area contributed by atoms with Gasteiger partial charge in [0.25, 0.3) is 0 Å². The van der Waals surface area contributed by atoms with Crippen molar-refractivity contribution in [3.05, 3.63) is 94.2 Å². The molecule has 1 aliphatic carbocycles. The summed E-state index contributed by atoms with van der Waals surface area (Å²) in [5.74, 6) is 1.51. The van der Waals surface area contributed by atoms with Crippen LogP contribution in [-0.2, 0) is 17.8 Å². The number of Topliss-reactive ketones (excluding diaryl/α,β-unsaturated/α-hetero) is 1. The summed E-state index contributed by atoms with van der Waals surface area (Å²) in [5.41, 5.74) is 6.14. The highest BCUT2D eigenvalue weighted by Crippen LogP contribution is 2.39. The maximum atomic E-state index is 13.6. The lowest BCUT2D eigenvalue weighted by Crippen LogP contribution is -2.11. The molecule has 0 unspecified atom stereocenters. The quantitative estimate of drug-likeness (QED) is 0.233. The maximum absolute atomic E-state index is 13.6. The Labute approximate surface area is 219 Å². The van der Waals surface area contributed by atoms with Gasteiger partial charge in [0.1, 0.15) is 12.4 Å². The number of ether oxygens (including phenoxy) is 4. The Morgan fingerprint density at radius 3 is 2.68 bits per heavy atom. The Morgan fingerprint density at radius 2 is 1.84 bits per heavy atom. The van der Waals surface area contributed by atoms with Crippen LogP contribution in [0.1, 0.15) is 56.4 Å². The van der Waals surface area contributed by atoms with Crippen molar-refractivity contribution in [1.29, 1.82) is 0 Å². The number of ketones is 1. The van der Waals surface area contributed by atoms with Crippen molar-refractivity contribution < 1.29 is 28.5 Å². The molecule has 0 saturated carbocycles. The Hall–Kier alpha value is -4.65. The van der Waals surface area contributed by atoms with Gasteiger partial charge in [-0.1, -0.05) is 24.3 Å². The van der Waals surface area contributed by atoms with Crippen LogP contribution in [0, 0.1) is 0 Å². The fourth-order valence-electron chi connectivity index (χ4n) is 5.04. The number of para-hydroxylation sites is 1. The second-order valence-corrected chi connectivity index (χ2v) is 9.27. The molecule has 0 N–H and O–H groups in total. The summed E-state index contributed by atoms with van der Waals surface area (Å²) in [7, 11) is 1.55. The first-order valence-corrected chi connectivity index (χ1v) is 12.4. The highest BCUT2D eigenvalue weighted by molar-refractivity contribution is 6.07. The molecule has 7 nitrogen and oxygen atoms in total. The molecule has 0 bridgehead atoms. The van der Waals surface area contributed by atoms with E-state index in [0.717, 1.165) is 51.2 Å². The van der Waals surface area contributed by atoms with Crippen LogP contribution in [0.2, 0.25) is 0 Å². The number of methoxy groups -OCH3 is 1. The lowest BCUT2D eigenvalue weighted by Gasteiger charge is -2.14. The molecule has 2 aliphatic rings. The molecule has 3 aromatic carbocycles. The minimum absolute atomic E-state index is 0.0194. The highest BCUT2D eigenvalue weighted by atomic mass is 16.7. The number of hydrogen-bond acceptors (Lipinski definition) is 7. The maximum Gasteiger partial charge on any atom is 0.339 e. The lowest BCUT2D eigenvalue weighted by atomic mass is 10.0. The molecule has 0 fully saturated rings. The summed E-state index contributed by atoms with van der Waals surface area (Å²) in [6.07, 6.45) is 3.52. The number of carbonyl (C=O) groups is 2. The summed E-state index contributed by atoms with van der Waals surface area (Å²) in [4.78, 5) is 30.4. The zero-order chi connectivity index (χ0) is 26.2. The normalized spacial score (nSPS) is 14.5. The second kappa shape index (κ2) is 9.67. The molecule has 2 heterocycles. The summed E-state index contributed by atoms with van der Waals surface area (Å²) in [5, 5.41) is 0.755. The molecule has 0 saturated heterocycles. The molecular weight excluding hydrogens is 482 g/mol. The third kappa shape index (κ3) is 4.26. The first kappa shape index (κ1) is 23.7. The number of benzene rings is 3. The molecule has 38 heavy (non-hydrogen) atoms. The van der Waals surface area contributed by atoms with Crippen molar-refractivity contribution in [2.24, 2.45) is 0 Å². The van der Waals surface area contributed by atoms with Gasteiger partial charge in [-0.25, -0.2) is 9.78 Å². The van der Waals surface area contributed by atoms with Crippen LogP contribution in [0.3, 0.4) is 0 Å². The van der Waals surface area contributed by atoms with Crippen LogP contribution < -0.4 is 14.2 Å². The first-order valence-electron chi connectivity index (χ1n) is 12.4. The van der Waals surface area contributed by atoms with E-state index >= 15 is 0 Å². The van der Waals surface area contributed by atoms with Gasteiger partial charge >= 0.3 is 5.97 Å². The summed E-state index contributed by atoms with van der Waals surface area (Å²) < 4.78 is 22.2. The standard InChI is InChI=1S/C31H25NO6/c1-18(33)20-9-12-26(35-2)22(15-20)16-36-31(34)29-23-5-3-4-6-25(23)32-30-21(8-10-24(29)30)13-19-7-11-27-28(14-19)38-17-37-27/h3-7,9,11-15H,8,10,16-17H2,1-2H3/b21-13-. The molecule has 0 spiro atoms. The molecule has 0 radical (unpaired) electrons. The van der Waals surface area contributed by atoms with Crippen LogP contribution >= 0.6 is 0 Å². The minimum atomic E-state index is -0.431. The average molecular weight is 508 g/mol. The molecule has 6 rings (SSSR count). The van der Waals surface area contributed by atoms with Crippen LogP contribution in [0.25, 0.3) is 22.6 Å².